The zero-order valence-electron chi connectivity index (χ0n) is 21.0. The number of likely N-dealkylation sites (N-methyl/N-ethyl adjacent to an activating group) is 1. The highest BCUT2D eigenvalue weighted by molar-refractivity contribution is 8.18. The van der Waals surface area contributed by atoms with Crippen molar-refractivity contribution in [1.82, 2.24) is 20.9 Å². The number of thioether (sulfide) groups is 2. The summed E-state index contributed by atoms with van der Waals surface area (Å²) < 4.78 is -0.0163. The molecule has 2 heterocycles. The summed E-state index contributed by atoms with van der Waals surface area (Å²) in [5.74, 6) is -2.00. The van der Waals surface area contributed by atoms with Gasteiger partial charge in [-0.2, -0.15) is 0 Å². The van der Waals surface area contributed by atoms with Crippen molar-refractivity contribution < 1.29 is 29.1 Å². The SMILES string of the molecule is CCCC(NC(=O)C1CC2(CN1C)SCCCS2)C(=O)C(=O)NCC(=O)NC(C(=O)O)c1ccccc1. The van der Waals surface area contributed by atoms with E-state index in [4.69, 9.17) is 0 Å². The van der Waals surface area contributed by atoms with Gasteiger partial charge >= 0.3 is 5.97 Å². The number of carboxylic acids is 1. The fourth-order valence-electron chi connectivity index (χ4n) is 4.50. The molecule has 2 saturated heterocycles. The summed E-state index contributed by atoms with van der Waals surface area (Å²) in [6.45, 7) is 2.05. The van der Waals surface area contributed by atoms with E-state index in [-0.39, 0.29) is 22.4 Å². The second kappa shape index (κ2) is 13.3. The smallest absolute Gasteiger partial charge is 0.330 e. The van der Waals surface area contributed by atoms with Crippen LogP contribution in [0.15, 0.2) is 30.3 Å². The molecule has 4 N–H and O–H groups in total. The maximum absolute atomic E-state index is 13.1. The largest absolute Gasteiger partial charge is 0.479 e. The second-order valence-electron chi connectivity index (χ2n) is 9.24. The fraction of sp³-hybridized carbons (Fsp3) is 0.560. The molecule has 2 aliphatic heterocycles. The van der Waals surface area contributed by atoms with Gasteiger partial charge in [-0.05, 0) is 43.4 Å². The van der Waals surface area contributed by atoms with Crippen LogP contribution in [-0.4, -0.2) is 87.3 Å². The molecule has 2 aliphatic rings. The summed E-state index contributed by atoms with van der Waals surface area (Å²) >= 11 is 3.78. The molecule has 3 unspecified atom stereocenters. The lowest BCUT2D eigenvalue weighted by molar-refractivity contribution is -0.142. The number of nitrogens with one attached hydrogen (secondary N) is 3. The maximum Gasteiger partial charge on any atom is 0.330 e. The van der Waals surface area contributed by atoms with Crippen LogP contribution >= 0.6 is 23.5 Å². The van der Waals surface area contributed by atoms with E-state index in [0.717, 1.165) is 24.5 Å². The molecular formula is C25H34N4O6S2. The number of carbonyl (C=O) groups is 5. The molecule has 2 fully saturated rings. The minimum absolute atomic E-state index is 0.0163. The minimum Gasteiger partial charge on any atom is -0.479 e. The molecular weight excluding hydrogens is 516 g/mol. The average Bonchev–Trinajstić information content (AvgIpc) is 3.20. The lowest BCUT2D eigenvalue weighted by atomic mass is 10.1. The third kappa shape index (κ3) is 7.71. The number of hydrogen-bond acceptors (Lipinski definition) is 8. The highest BCUT2D eigenvalue weighted by atomic mass is 32.2. The van der Waals surface area contributed by atoms with E-state index in [0.29, 0.717) is 18.4 Å². The normalized spacial score (nSPS) is 20.5. The number of nitrogens with zero attached hydrogens (tertiary/aromatic N) is 1. The van der Waals surface area contributed by atoms with Gasteiger partial charge in [-0.3, -0.25) is 24.1 Å². The molecule has 1 aromatic rings. The van der Waals surface area contributed by atoms with Gasteiger partial charge in [0.1, 0.15) is 0 Å². The number of hydrogen-bond donors (Lipinski definition) is 4. The van der Waals surface area contributed by atoms with Crippen LogP contribution in [0.4, 0.5) is 0 Å². The Kier molecular flexibility index (Phi) is 10.4. The number of Topliss-reactive ketones (excluding diaryl/α,β-unsaturated/α-hetero) is 1. The Bertz CT molecular complexity index is 1000. The quantitative estimate of drug-likeness (QED) is 0.298. The highest BCUT2D eigenvalue weighted by Gasteiger charge is 2.47. The molecule has 10 nitrogen and oxygen atoms in total. The summed E-state index contributed by atoms with van der Waals surface area (Å²) in [5, 5.41) is 16.8. The van der Waals surface area contributed by atoms with Crippen LogP contribution in [0.2, 0.25) is 0 Å². The summed E-state index contributed by atoms with van der Waals surface area (Å²) in [7, 11) is 1.90. The zero-order chi connectivity index (χ0) is 27.0. The van der Waals surface area contributed by atoms with E-state index in [1.807, 2.05) is 42.4 Å². The Morgan fingerprint density at radius 2 is 1.78 bits per heavy atom. The van der Waals surface area contributed by atoms with Crippen molar-refractivity contribution in [1.29, 1.82) is 0 Å². The molecule has 0 bridgehead atoms. The summed E-state index contributed by atoms with van der Waals surface area (Å²) in [5.41, 5.74) is 0.375. The summed E-state index contributed by atoms with van der Waals surface area (Å²) in [6, 6.07) is 5.46. The van der Waals surface area contributed by atoms with Crippen LogP contribution in [0.25, 0.3) is 0 Å². The number of benzene rings is 1. The predicted molar refractivity (Wildman–Crippen MR) is 143 cm³/mol. The van der Waals surface area contributed by atoms with Crippen LogP contribution in [0.3, 0.4) is 0 Å². The molecule has 37 heavy (non-hydrogen) atoms. The molecule has 12 heteroatoms. The molecule has 0 aliphatic carbocycles. The fourth-order valence-corrected chi connectivity index (χ4v) is 7.98. The number of carbonyl (C=O) groups excluding carboxylic acids is 4. The van der Waals surface area contributed by atoms with Gasteiger partial charge in [0.25, 0.3) is 5.91 Å². The molecule has 1 aromatic carbocycles. The Balaban J connectivity index is 1.54. The molecule has 202 valence electrons. The van der Waals surface area contributed by atoms with E-state index in [9.17, 15) is 29.1 Å². The van der Waals surface area contributed by atoms with E-state index in [1.165, 1.54) is 0 Å². The van der Waals surface area contributed by atoms with Crippen molar-refractivity contribution in [2.24, 2.45) is 0 Å². The van der Waals surface area contributed by atoms with Crippen molar-refractivity contribution in [2.75, 3.05) is 31.6 Å². The summed E-state index contributed by atoms with van der Waals surface area (Å²) in [6.07, 6.45) is 2.68. The summed E-state index contributed by atoms with van der Waals surface area (Å²) in [4.78, 5) is 64.4. The van der Waals surface area contributed by atoms with Crippen LogP contribution in [-0.2, 0) is 24.0 Å². The van der Waals surface area contributed by atoms with Crippen molar-refractivity contribution >= 4 is 53.0 Å². The number of likely N-dealkylation sites (tertiary alicyclic amines) is 1. The lowest BCUT2D eigenvalue weighted by Crippen LogP contribution is -2.52. The van der Waals surface area contributed by atoms with Gasteiger partial charge in [0.15, 0.2) is 6.04 Å². The topological polar surface area (TPSA) is 145 Å². The molecule has 3 amide bonds. The second-order valence-corrected chi connectivity index (χ2v) is 12.5. The first-order chi connectivity index (χ1) is 17.7. The standard InChI is InChI=1S/C25H34N4O6S2/c1-3-8-17(27-22(32)18-13-25(15-29(18)2)36-11-7-12-37-25)21(31)23(33)26-14-19(30)28-20(24(34)35)16-9-5-4-6-10-16/h4-6,9-10,17-18,20H,3,7-8,11-15H2,1-2H3,(H,26,33)(H,27,32)(H,28,30)(H,34,35). The van der Waals surface area contributed by atoms with Gasteiger partial charge in [-0.1, -0.05) is 43.7 Å². The molecule has 3 rings (SSSR count). The van der Waals surface area contributed by atoms with E-state index in [2.05, 4.69) is 16.0 Å². The van der Waals surface area contributed by atoms with Crippen molar-refractivity contribution in [3.63, 3.8) is 0 Å². The number of ketones is 1. The molecule has 0 radical (unpaired) electrons. The van der Waals surface area contributed by atoms with Gasteiger partial charge in [0, 0.05) is 6.54 Å². The maximum atomic E-state index is 13.1. The first-order valence-corrected chi connectivity index (χ1v) is 14.3. The van der Waals surface area contributed by atoms with Gasteiger partial charge in [-0.25, -0.2) is 4.79 Å². The van der Waals surface area contributed by atoms with Crippen LogP contribution < -0.4 is 16.0 Å². The molecule has 0 aromatic heterocycles. The van der Waals surface area contributed by atoms with E-state index in [1.54, 1.807) is 30.3 Å². The zero-order valence-corrected chi connectivity index (χ0v) is 22.7. The van der Waals surface area contributed by atoms with Crippen LogP contribution in [0, 0.1) is 0 Å². The van der Waals surface area contributed by atoms with E-state index < -0.39 is 42.2 Å². The third-order valence-corrected chi connectivity index (χ3v) is 9.71. The predicted octanol–water partition coefficient (Wildman–Crippen LogP) is 1.17. The van der Waals surface area contributed by atoms with Crippen LogP contribution in [0.5, 0.6) is 0 Å². The average molecular weight is 551 g/mol. The number of rotatable bonds is 11. The van der Waals surface area contributed by atoms with Gasteiger partial charge < -0.3 is 21.1 Å². The third-order valence-electron chi connectivity index (χ3n) is 6.38. The Labute approximate surface area is 225 Å². The monoisotopic (exact) mass is 550 g/mol. The van der Waals surface area contributed by atoms with Crippen LogP contribution in [0.1, 0.15) is 44.2 Å². The molecule has 3 atom stereocenters. The van der Waals surface area contributed by atoms with Crippen molar-refractivity contribution in [3.05, 3.63) is 35.9 Å². The molecule has 0 saturated carbocycles. The van der Waals surface area contributed by atoms with Gasteiger partial charge in [0.05, 0.1) is 22.7 Å². The van der Waals surface area contributed by atoms with Crippen molar-refractivity contribution in [2.45, 2.75) is 54.8 Å². The Morgan fingerprint density at radius 3 is 2.41 bits per heavy atom. The Hall–Kier alpha value is -2.57. The first kappa shape index (κ1) is 29.0. The number of amides is 3. The lowest BCUT2D eigenvalue weighted by Gasteiger charge is -2.31. The van der Waals surface area contributed by atoms with Crippen molar-refractivity contribution in [3.8, 4) is 0 Å². The van der Waals surface area contributed by atoms with E-state index >= 15 is 0 Å². The molecule has 1 spiro atoms. The number of carboxylic acid groups (broad SMARTS) is 1. The Morgan fingerprint density at radius 1 is 1.11 bits per heavy atom. The van der Waals surface area contributed by atoms with Gasteiger partial charge in [-0.15, -0.1) is 23.5 Å². The van der Waals surface area contributed by atoms with Gasteiger partial charge in [0.2, 0.25) is 17.6 Å². The first-order valence-electron chi connectivity index (χ1n) is 12.3. The minimum atomic E-state index is -1.29. The number of aliphatic carboxylic acids is 1. The highest BCUT2D eigenvalue weighted by Crippen LogP contribution is 2.49.